The second-order valence-corrected chi connectivity index (χ2v) is 6.70. The minimum absolute atomic E-state index is 0.0190. The van der Waals surface area contributed by atoms with E-state index in [9.17, 15) is 14.9 Å². The molecule has 0 spiro atoms. The number of aromatic nitrogens is 2. The van der Waals surface area contributed by atoms with Crippen LogP contribution in [-0.4, -0.2) is 21.1 Å². The van der Waals surface area contributed by atoms with Gasteiger partial charge in [0.05, 0.1) is 33.7 Å². The van der Waals surface area contributed by atoms with Gasteiger partial charge in [-0.25, -0.2) is 4.98 Å². The van der Waals surface area contributed by atoms with E-state index in [1.165, 1.54) is 10.6 Å². The van der Waals surface area contributed by atoms with Crippen LogP contribution >= 0.6 is 0 Å². The van der Waals surface area contributed by atoms with Crippen molar-refractivity contribution in [1.29, 1.82) is 0 Å². The number of nitro benzene ring substituents is 1. The molecule has 1 aromatic heterocycles. The van der Waals surface area contributed by atoms with E-state index in [1.54, 1.807) is 72.8 Å². The summed E-state index contributed by atoms with van der Waals surface area (Å²) in [4.78, 5) is 28.8. The molecule has 0 fully saturated rings. The Morgan fingerprint density at radius 2 is 1.71 bits per heavy atom. The minimum atomic E-state index is -0.437. The maximum atomic E-state index is 13.3. The predicted molar refractivity (Wildman–Crippen MR) is 121 cm³/mol. The lowest BCUT2D eigenvalue weighted by Gasteiger charge is -2.12. The Hall–Kier alpha value is -4.26. The van der Waals surface area contributed by atoms with Crippen molar-refractivity contribution in [2.45, 2.75) is 6.92 Å². The second kappa shape index (κ2) is 8.62. The lowest BCUT2D eigenvalue weighted by molar-refractivity contribution is -0.385. The van der Waals surface area contributed by atoms with Gasteiger partial charge in [-0.15, -0.1) is 0 Å². The van der Waals surface area contributed by atoms with E-state index in [4.69, 9.17) is 4.74 Å². The van der Waals surface area contributed by atoms with Gasteiger partial charge in [-0.1, -0.05) is 24.3 Å². The summed E-state index contributed by atoms with van der Waals surface area (Å²) in [6.07, 6.45) is 3.21. The summed E-state index contributed by atoms with van der Waals surface area (Å²) < 4.78 is 6.98. The van der Waals surface area contributed by atoms with E-state index >= 15 is 0 Å². The largest absolute Gasteiger partial charge is 0.494 e. The molecule has 0 atom stereocenters. The zero-order valence-corrected chi connectivity index (χ0v) is 16.8. The van der Waals surface area contributed by atoms with Gasteiger partial charge >= 0.3 is 0 Å². The quantitative estimate of drug-likeness (QED) is 0.333. The number of hydrogen-bond acceptors (Lipinski definition) is 5. The molecule has 0 amide bonds. The van der Waals surface area contributed by atoms with Crippen LogP contribution < -0.4 is 10.3 Å². The van der Waals surface area contributed by atoms with Gasteiger partial charge < -0.3 is 4.74 Å². The second-order valence-electron chi connectivity index (χ2n) is 6.70. The van der Waals surface area contributed by atoms with Crippen molar-refractivity contribution in [1.82, 2.24) is 9.55 Å². The van der Waals surface area contributed by atoms with Crippen LogP contribution in [0.15, 0.2) is 77.6 Å². The number of hydrogen-bond donors (Lipinski definition) is 0. The first-order valence-electron chi connectivity index (χ1n) is 9.75. The molecule has 0 N–H and O–H groups in total. The molecule has 1 heterocycles. The molecule has 4 aromatic rings. The highest BCUT2D eigenvalue weighted by Gasteiger charge is 2.13. The number of rotatable bonds is 6. The Labute approximate surface area is 178 Å². The first-order valence-corrected chi connectivity index (χ1v) is 9.75. The average molecular weight is 413 g/mol. The van der Waals surface area contributed by atoms with Crippen LogP contribution in [0.1, 0.15) is 18.3 Å². The summed E-state index contributed by atoms with van der Waals surface area (Å²) in [6, 6.07) is 20.7. The van der Waals surface area contributed by atoms with Crippen molar-refractivity contribution >= 4 is 28.7 Å². The van der Waals surface area contributed by atoms with Gasteiger partial charge in [0.25, 0.3) is 11.2 Å². The summed E-state index contributed by atoms with van der Waals surface area (Å²) in [5, 5.41) is 11.8. The molecule has 0 aliphatic heterocycles. The summed E-state index contributed by atoms with van der Waals surface area (Å²) in [7, 11) is 0. The fourth-order valence-electron chi connectivity index (χ4n) is 3.33. The summed E-state index contributed by atoms with van der Waals surface area (Å²) in [5.74, 6) is 1.07. The van der Waals surface area contributed by atoms with Crippen molar-refractivity contribution < 1.29 is 9.66 Å². The van der Waals surface area contributed by atoms with Gasteiger partial charge in [0, 0.05) is 6.07 Å². The van der Waals surface area contributed by atoms with Crippen LogP contribution in [-0.2, 0) is 0 Å². The SMILES string of the molecule is CCOc1ccc(-n2c(C=Cc3ccccc3[N+](=O)[O-])nc3ccccc3c2=O)cc1. The number of ether oxygens (including phenoxy) is 1. The van der Waals surface area contributed by atoms with Crippen LogP contribution in [0.4, 0.5) is 5.69 Å². The molecule has 0 aliphatic rings. The first-order chi connectivity index (χ1) is 15.1. The van der Waals surface area contributed by atoms with E-state index < -0.39 is 4.92 Å². The standard InChI is InChI=1S/C24H19N3O4/c1-2-31-19-14-12-18(13-15-19)26-23(25-21-9-5-4-8-20(21)24(26)28)16-11-17-7-3-6-10-22(17)27(29)30/h3-16H,2H2,1H3. The zero-order chi connectivity index (χ0) is 21.8. The fourth-order valence-corrected chi connectivity index (χ4v) is 3.33. The van der Waals surface area contributed by atoms with E-state index in [0.29, 0.717) is 40.3 Å². The normalized spacial score (nSPS) is 11.1. The lowest BCUT2D eigenvalue weighted by atomic mass is 10.1. The van der Waals surface area contributed by atoms with Crippen molar-refractivity contribution in [2.75, 3.05) is 6.61 Å². The van der Waals surface area contributed by atoms with Crippen LogP contribution in [0.2, 0.25) is 0 Å². The van der Waals surface area contributed by atoms with Gasteiger partial charge in [-0.2, -0.15) is 0 Å². The molecule has 0 saturated heterocycles. The highest BCUT2D eigenvalue weighted by Crippen LogP contribution is 2.22. The van der Waals surface area contributed by atoms with Gasteiger partial charge in [0.15, 0.2) is 0 Å². The smallest absolute Gasteiger partial charge is 0.276 e. The minimum Gasteiger partial charge on any atom is -0.494 e. The van der Waals surface area contributed by atoms with Crippen molar-refractivity contribution in [3.05, 3.63) is 105 Å². The van der Waals surface area contributed by atoms with E-state index in [-0.39, 0.29) is 11.2 Å². The third-order valence-electron chi connectivity index (χ3n) is 4.75. The topological polar surface area (TPSA) is 87.3 Å². The molecule has 31 heavy (non-hydrogen) atoms. The third-order valence-corrected chi connectivity index (χ3v) is 4.75. The number of nitrogens with zero attached hydrogens (tertiary/aromatic N) is 3. The Balaban J connectivity index is 1.89. The van der Waals surface area contributed by atoms with Crippen LogP contribution in [0.5, 0.6) is 5.75 Å². The van der Waals surface area contributed by atoms with Gasteiger partial charge in [0.2, 0.25) is 0 Å². The Morgan fingerprint density at radius 3 is 2.45 bits per heavy atom. The van der Waals surface area contributed by atoms with Crippen LogP contribution in [0.25, 0.3) is 28.7 Å². The maximum Gasteiger partial charge on any atom is 0.276 e. The molecule has 0 unspecified atom stereocenters. The van der Waals surface area contributed by atoms with Crippen molar-refractivity contribution in [2.24, 2.45) is 0 Å². The zero-order valence-electron chi connectivity index (χ0n) is 16.8. The molecule has 0 saturated carbocycles. The highest BCUT2D eigenvalue weighted by atomic mass is 16.6. The molecule has 4 rings (SSSR count). The fraction of sp³-hybridized carbons (Fsp3) is 0.0833. The molecular weight excluding hydrogens is 394 g/mol. The summed E-state index contributed by atoms with van der Waals surface area (Å²) in [6.45, 7) is 2.44. The third kappa shape index (κ3) is 4.06. The Bertz CT molecular complexity index is 1340. The van der Waals surface area contributed by atoms with Crippen molar-refractivity contribution in [3.8, 4) is 11.4 Å². The maximum absolute atomic E-state index is 13.3. The van der Waals surface area contributed by atoms with E-state index in [0.717, 1.165) is 0 Å². The number of fused-ring (bicyclic) bond motifs is 1. The van der Waals surface area contributed by atoms with Crippen LogP contribution in [0.3, 0.4) is 0 Å². The van der Waals surface area contributed by atoms with Gasteiger partial charge in [0.1, 0.15) is 11.6 Å². The molecule has 0 aliphatic carbocycles. The molecular formula is C24H19N3O4. The van der Waals surface area contributed by atoms with E-state index in [1.807, 2.05) is 13.0 Å². The molecule has 7 nitrogen and oxygen atoms in total. The molecule has 154 valence electrons. The number of benzene rings is 3. The number of para-hydroxylation sites is 2. The Kier molecular flexibility index (Phi) is 5.57. The summed E-state index contributed by atoms with van der Waals surface area (Å²) >= 11 is 0. The first kappa shape index (κ1) is 20.0. The highest BCUT2D eigenvalue weighted by molar-refractivity contribution is 5.80. The summed E-state index contributed by atoms with van der Waals surface area (Å²) in [5.41, 5.74) is 1.35. The van der Waals surface area contributed by atoms with E-state index in [2.05, 4.69) is 4.98 Å². The Morgan fingerprint density at radius 1 is 1.00 bits per heavy atom. The molecule has 7 heteroatoms. The molecule has 0 radical (unpaired) electrons. The monoisotopic (exact) mass is 413 g/mol. The predicted octanol–water partition coefficient (Wildman–Crippen LogP) is 4.86. The molecule has 0 bridgehead atoms. The van der Waals surface area contributed by atoms with Crippen molar-refractivity contribution in [3.63, 3.8) is 0 Å². The average Bonchev–Trinajstić information content (AvgIpc) is 2.79. The number of nitro groups is 1. The molecule has 3 aromatic carbocycles. The lowest BCUT2D eigenvalue weighted by Crippen LogP contribution is -2.22. The van der Waals surface area contributed by atoms with Gasteiger partial charge in [-0.05, 0) is 61.5 Å². The van der Waals surface area contributed by atoms with Gasteiger partial charge in [-0.3, -0.25) is 19.5 Å². The van der Waals surface area contributed by atoms with Crippen LogP contribution in [0, 0.1) is 10.1 Å².